The number of benzene rings is 1. The minimum atomic E-state index is -1.03. The third-order valence-corrected chi connectivity index (χ3v) is 5.38. The van der Waals surface area contributed by atoms with E-state index in [4.69, 9.17) is 9.84 Å². The Morgan fingerprint density at radius 1 is 0.793 bits per heavy atom. The molecule has 1 aromatic carbocycles. The topological polar surface area (TPSA) is 63.6 Å². The Bertz CT molecular complexity index is 582. The summed E-state index contributed by atoms with van der Waals surface area (Å²) in [6, 6.07) is 6.11. The van der Waals surface area contributed by atoms with E-state index in [0.29, 0.717) is 5.56 Å². The summed E-state index contributed by atoms with van der Waals surface area (Å²) in [5, 5.41) is 9.13. The normalized spacial score (nSPS) is 11.9. The van der Waals surface area contributed by atoms with Crippen LogP contribution < -0.4 is 0 Å². The van der Waals surface area contributed by atoms with Crippen molar-refractivity contribution in [2.45, 2.75) is 110 Å². The third kappa shape index (κ3) is 11.7. The third-order valence-electron chi connectivity index (χ3n) is 5.38. The molecule has 0 radical (unpaired) electrons. The molecule has 1 aromatic rings. The summed E-state index contributed by atoms with van der Waals surface area (Å²) < 4.78 is 5.79. The SMILES string of the molecule is CCCCCCCCCC(CCCCCCC)OC(=O)c1cccc(C(=O)O)c1. The van der Waals surface area contributed by atoms with Gasteiger partial charge in [-0.05, 0) is 43.9 Å². The molecule has 1 N–H and O–H groups in total. The number of carboxylic acids is 1. The molecule has 29 heavy (non-hydrogen) atoms. The highest BCUT2D eigenvalue weighted by molar-refractivity contribution is 5.94. The van der Waals surface area contributed by atoms with E-state index in [0.717, 1.165) is 25.7 Å². The molecule has 0 spiro atoms. The van der Waals surface area contributed by atoms with Gasteiger partial charge in [-0.3, -0.25) is 0 Å². The quantitative estimate of drug-likeness (QED) is 0.217. The fourth-order valence-electron chi connectivity index (χ4n) is 3.57. The van der Waals surface area contributed by atoms with Crippen LogP contribution in [0.1, 0.15) is 124 Å². The van der Waals surface area contributed by atoms with Crippen molar-refractivity contribution in [2.75, 3.05) is 0 Å². The standard InChI is InChI=1S/C25H40O4/c1-3-5-7-9-10-12-14-19-23(18-13-11-8-6-4-2)29-25(28)22-17-15-16-21(20-22)24(26)27/h15-17,20,23H,3-14,18-19H2,1-2H3,(H,26,27). The molecule has 0 amide bonds. The van der Waals surface area contributed by atoms with Crippen molar-refractivity contribution < 1.29 is 19.4 Å². The van der Waals surface area contributed by atoms with E-state index in [1.165, 1.54) is 76.3 Å². The number of hydrogen-bond donors (Lipinski definition) is 1. The predicted octanol–water partition coefficient (Wildman–Crippen LogP) is 7.41. The van der Waals surface area contributed by atoms with Gasteiger partial charge in [0.2, 0.25) is 0 Å². The number of ether oxygens (including phenoxy) is 1. The lowest BCUT2D eigenvalue weighted by atomic mass is 10.0. The van der Waals surface area contributed by atoms with E-state index in [1.54, 1.807) is 12.1 Å². The Hall–Kier alpha value is -1.84. The molecule has 1 rings (SSSR count). The van der Waals surface area contributed by atoms with Crippen LogP contribution in [0.4, 0.5) is 0 Å². The monoisotopic (exact) mass is 404 g/mol. The zero-order valence-electron chi connectivity index (χ0n) is 18.5. The number of carboxylic acid groups (broad SMARTS) is 1. The van der Waals surface area contributed by atoms with Crippen LogP contribution in [-0.2, 0) is 4.74 Å². The van der Waals surface area contributed by atoms with Crippen LogP contribution in [0.25, 0.3) is 0 Å². The summed E-state index contributed by atoms with van der Waals surface area (Å²) >= 11 is 0. The minimum Gasteiger partial charge on any atom is -0.478 e. The maximum Gasteiger partial charge on any atom is 0.338 e. The van der Waals surface area contributed by atoms with Gasteiger partial charge in [-0.1, -0.05) is 84.1 Å². The average molecular weight is 405 g/mol. The molecule has 0 fully saturated rings. The van der Waals surface area contributed by atoms with E-state index < -0.39 is 11.9 Å². The van der Waals surface area contributed by atoms with Crippen molar-refractivity contribution in [3.8, 4) is 0 Å². The van der Waals surface area contributed by atoms with E-state index in [2.05, 4.69) is 13.8 Å². The molecule has 164 valence electrons. The molecule has 0 heterocycles. The first-order chi connectivity index (χ1) is 14.1. The Morgan fingerprint density at radius 2 is 1.28 bits per heavy atom. The number of carbonyl (C=O) groups excluding carboxylic acids is 1. The van der Waals surface area contributed by atoms with E-state index in [-0.39, 0.29) is 11.7 Å². The van der Waals surface area contributed by atoms with E-state index in [1.807, 2.05) is 0 Å². The van der Waals surface area contributed by atoms with E-state index >= 15 is 0 Å². The second-order valence-electron chi connectivity index (χ2n) is 8.03. The van der Waals surface area contributed by atoms with Crippen molar-refractivity contribution in [1.29, 1.82) is 0 Å². The van der Waals surface area contributed by atoms with E-state index in [9.17, 15) is 9.59 Å². The maximum atomic E-state index is 12.6. The zero-order chi connectivity index (χ0) is 21.3. The molecule has 0 saturated carbocycles. The summed E-state index contributed by atoms with van der Waals surface area (Å²) in [5.41, 5.74) is 0.433. The second-order valence-corrected chi connectivity index (χ2v) is 8.03. The van der Waals surface area contributed by atoms with Crippen molar-refractivity contribution >= 4 is 11.9 Å². The van der Waals surface area contributed by atoms with Crippen LogP contribution in [0.3, 0.4) is 0 Å². The molecule has 1 atom stereocenters. The summed E-state index contributed by atoms with van der Waals surface area (Å²) in [5.74, 6) is -1.44. The summed E-state index contributed by atoms with van der Waals surface area (Å²) in [4.78, 5) is 23.7. The molecule has 0 aliphatic rings. The van der Waals surface area contributed by atoms with Gasteiger partial charge in [0.15, 0.2) is 0 Å². The Morgan fingerprint density at radius 3 is 1.79 bits per heavy atom. The molecule has 1 unspecified atom stereocenters. The molecular formula is C25H40O4. The van der Waals surface area contributed by atoms with Gasteiger partial charge in [-0.25, -0.2) is 9.59 Å². The van der Waals surface area contributed by atoms with Crippen molar-refractivity contribution in [3.63, 3.8) is 0 Å². The molecular weight excluding hydrogens is 364 g/mol. The van der Waals surface area contributed by atoms with Gasteiger partial charge in [-0.15, -0.1) is 0 Å². The average Bonchev–Trinajstić information content (AvgIpc) is 2.72. The molecule has 0 saturated heterocycles. The first-order valence-electron chi connectivity index (χ1n) is 11.6. The van der Waals surface area contributed by atoms with Crippen LogP contribution in [0.2, 0.25) is 0 Å². The maximum absolute atomic E-state index is 12.6. The van der Waals surface area contributed by atoms with Gasteiger partial charge >= 0.3 is 11.9 Å². The highest BCUT2D eigenvalue weighted by Gasteiger charge is 2.17. The zero-order valence-corrected chi connectivity index (χ0v) is 18.5. The number of hydrogen-bond acceptors (Lipinski definition) is 3. The largest absolute Gasteiger partial charge is 0.478 e. The number of carbonyl (C=O) groups is 2. The minimum absolute atomic E-state index is 0.0757. The number of rotatable bonds is 17. The van der Waals surface area contributed by atoms with Crippen molar-refractivity contribution in [1.82, 2.24) is 0 Å². The number of esters is 1. The smallest absolute Gasteiger partial charge is 0.338 e. The van der Waals surface area contributed by atoms with Crippen LogP contribution in [0.5, 0.6) is 0 Å². The molecule has 4 heteroatoms. The lowest BCUT2D eigenvalue weighted by Crippen LogP contribution is -2.19. The number of unbranched alkanes of at least 4 members (excludes halogenated alkanes) is 10. The lowest BCUT2D eigenvalue weighted by molar-refractivity contribution is 0.0249. The fraction of sp³-hybridized carbons (Fsp3) is 0.680. The molecule has 0 bridgehead atoms. The van der Waals surface area contributed by atoms with Gasteiger partial charge < -0.3 is 9.84 Å². The molecule has 4 nitrogen and oxygen atoms in total. The first kappa shape index (κ1) is 25.2. The van der Waals surface area contributed by atoms with Gasteiger partial charge in [0.25, 0.3) is 0 Å². The van der Waals surface area contributed by atoms with Crippen LogP contribution in [0.15, 0.2) is 24.3 Å². The van der Waals surface area contributed by atoms with Crippen LogP contribution in [-0.4, -0.2) is 23.1 Å². The van der Waals surface area contributed by atoms with Gasteiger partial charge in [0.1, 0.15) is 6.10 Å². The highest BCUT2D eigenvalue weighted by atomic mass is 16.5. The summed E-state index contributed by atoms with van der Waals surface area (Å²) in [6.45, 7) is 4.43. The molecule has 0 aliphatic carbocycles. The fourth-order valence-corrected chi connectivity index (χ4v) is 3.57. The highest BCUT2D eigenvalue weighted by Crippen LogP contribution is 2.18. The molecule has 0 aromatic heterocycles. The van der Waals surface area contributed by atoms with Gasteiger partial charge in [0, 0.05) is 0 Å². The van der Waals surface area contributed by atoms with Crippen molar-refractivity contribution in [2.24, 2.45) is 0 Å². The Balaban J connectivity index is 2.51. The Labute approximate surface area is 177 Å². The summed E-state index contributed by atoms with van der Waals surface area (Å²) in [6.07, 6.45) is 16.3. The van der Waals surface area contributed by atoms with Gasteiger partial charge in [0.05, 0.1) is 11.1 Å². The summed E-state index contributed by atoms with van der Waals surface area (Å²) in [7, 11) is 0. The predicted molar refractivity (Wildman–Crippen MR) is 119 cm³/mol. The van der Waals surface area contributed by atoms with Gasteiger partial charge in [-0.2, -0.15) is 0 Å². The number of aromatic carboxylic acids is 1. The second kappa shape index (κ2) is 16.0. The Kier molecular flexibility index (Phi) is 13.9. The van der Waals surface area contributed by atoms with Crippen LogP contribution >= 0.6 is 0 Å². The molecule has 0 aliphatic heterocycles. The lowest BCUT2D eigenvalue weighted by Gasteiger charge is -2.18. The van der Waals surface area contributed by atoms with Crippen LogP contribution in [0, 0.1) is 0 Å². The van der Waals surface area contributed by atoms with Crippen molar-refractivity contribution in [3.05, 3.63) is 35.4 Å². The first-order valence-corrected chi connectivity index (χ1v) is 11.6.